The third kappa shape index (κ3) is 4.99. The third-order valence-corrected chi connectivity index (χ3v) is 3.96. The molecule has 2 heterocycles. The molecule has 5 heteroatoms. The van der Waals surface area contributed by atoms with Crippen LogP contribution in [0.2, 0.25) is 0 Å². The fraction of sp³-hybridized carbons (Fsp3) is 0.929. The normalized spacial score (nSPS) is 25.0. The minimum atomic E-state index is 0.0303. The minimum Gasteiger partial charge on any atom is -0.381 e. The molecule has 0 saturated carbocycles. The highest BCUT2D eigenvalue weighted by molar-refractivity contribution is 5.74. The van der Waals surface area contributed by atoms with Gasteiger partial charge in [0.25, 0.3) is 0 Å². The summed E-state index contributed by atoms with van der Waals surface area (Å²) in [5.41, 5.74) is 0. The van der Waals surface area contributed by atoms with E-state index in [0.29, 0.717) is 6.10 Å². The Hall–Kier alpha value is -0.810. The summed E-state index contributed by atoms with van der Waals surface area (Å²) in [6.07, 6.45) is 6.69. The van der Waals surface area contributed by atoms with Crippen LogP contribution in [0, 0.1) is 0 Å². The van der Waals surface area contributed by atoms with E-state index >= 15 is 0 Å². The van der Waals surface area contributed by atoms with Crippen molar-refractivity contribution >= 4 is 6.03 Å². The largest absolute Gasteiger partial charge is 0.381 e. The number of carbonyl (C=O) groups excluding carboxylic acids is 1. The zero-order chi connectivity index (χ0) is 13.5. The van der Waals surface area contributed by atoms with Gasteiger partial charge in [-0.15, -0.1) is 0 Å². The lowest BCUT2D eigenvalue weighted by Gasteiger charge is -2.28. The molecule has 2 amide bonds. The van der Waals surface area contributed by atoms with Gasteiger partial charge in [-0.2, -0.15) is 0 Å². The molecule has 2 aliphatic rings. The SMILES string of the molecule is CN(CCC1CCCCO1)C(=O)NC1CCOCC1. The van der Waals surface area contributed by atoms with Crippen LogP contribution >= 0.6 is 0 Å². The molecule has 5 nitrogen and oxygen atoms in total. The Labute approximate surface area is 115 Å². The topological polar surface area (TPSA) is 50.8 Å². The number of ether oxygens (including phenoxy) is 2. The maximum atomic E-state index is 12.0. The van der Waals surface area contributed by atoms with Crippen molar-refractivity contribution in [2.75, 3.05) is 33.4 Å². The molecule has 19 heavy (non-hydrogen) atoms. The standard InChI is InChI=1S/C14H26N2O3/c1-16(8-5-13-4-2-3-9-19-13)14(17)15-12-6-10-18-11-7-12/h12-13H,2-11H2,1H3,(H,15,17). The molecule has 1 N–H and O–H groups in total. The summed E-state index contributed by atoms with van der Waals surface area (Å²) in [5.74, 6) is 0. The van der Waals surface area contributed by atoms with E-state index in [0.717, 1.165) is 52.0 Å². The van der Waals surface area contributed by atoms with Gasteiger partial charge in [0.05, 0.1) is 6.10 Å². The van der Waals surface area contributed by atoms with Gasteiger partial charge in [-0.25, -0.2) is 4.79 Å². The van der Waals surface area contributed by atoms with Gasteiger partial charge in [-0.3, -0.25) is 0 Å². The van der Waals surface area contributed by atoms with Gasteiger partial charge in [0.1, 0.15) is 0 Å². The molecular formula is C14H26N2O3. The molecule has 0 aliphatic carbocycles. The molecular weight excluding hydrogens is 244 g/mol. The number of hydrogen-bond acceptors (Lipinski definition) is 3. The Balaban J connectivity index is 1.63. The summed E-state index contributed by atoms with van der Waals surface area (Å²) < 4.78 is 11.0. The van der Waals surface area contributed by atoms with Crippen LogP contribution in [-0.2, 0) is 9.47 Å². The summed E-state index contributed by atoms with van der Waals surface area (Å²) >= 11 is 0. The number of rotatable bonds is 4. The second-order valence-corrected chi connectivity index (χ2v) is 5.53. The lowest BCUT2D eigenvalue weighted by atomic mass is 10.1. The predicted molar refractivity (Wildman–Crippen MR) is 73.2 cm³/mol. The van der Waals surface area contributed by atoms with Gasteiger partial charge in [0.2, 0.25) is 0 Å². The number of hydrogen-bond donors (Lipinski definition) is 1. The second-order valence-electron chi connectivity index (χ2n) is 5.53. The maximum absolute atomic E-state index is 12.0. The van der Waals surface area contributed by atoms with Crippen molar-refractivity contribution in [1.29, 1.82) is 0 Å². The zero-order valence-corrected chi connectivity index (χ0v) is 11.9. The van der Waals surface area contributed by atoms with E-state index in [4.69, 9.17) is 9.47 Å². The van der Waals surface area contributed by atoms with Crippen LogP contribution in [0.25, 0.3) is 0 Å². The average Bonchev–Trinajstić information content (AvgIpc) is 2.47. The smallest absolute Gasteiger partial charge is 0.317 e. The third-order valence-electron chi connectivity index (χ3n) is 3.96. The van der Waals surface area contributed by atoms with E-state index in [1.54, 1.807) is 4.90 Å². The van der Waals surface area contributed by atoms with E-state index in [1.165, 1.54) is 12.8 Å². The number of nitrogens with one attached hydrogen (secondary N) is 1. The quantitative estimate of drug-likeness (QED) is 0.847. The van der Waals surface area contributed by atoms with Crippen LogP contribution in [-0.4, -0.2) is 56.5 Å². The van der Waals surface area contributed by atoms with Crippen LogP contribution in [0.4, 0.5) is 4.79 Å². The van der Waals surface area contributed by atoms with Crippen molar-refractivity contribution in [2.45, 2.75) is 50.7 Å². The number of urea groups is 1. The van der Waals surface area contributed by atoms with Gasteiger partial charge in [0.15, 0.2) is 0 Å². The molecule has 0 radical (unpaired) electrons. The first-order valence-corrected chi connectivity index (χ1v) is 7.46. The predicted octanol–water partition coefficient (Wildman–Crippen LogP) is 1.77. The Bertz CT molecular complexity index is 274. The van der Waals surface area contributed by atoms with Gasteiger partial charge < -0.3 is 19.7 Å². The van der Waals surface area contributed by atoms with E-state index in [-0.39, 0.29) is 12.1 Å². The number of nitrogens with zero attached hydrogens (tertiary/aromatic N) is 1. The molecule has 0 spiro atoms. The van der Waals surface area contributed by atoms with Gasteiger partial charge in [0, 0.05) is 39.5 Å². The molecule has 0 aromatic carbocycles. The number of amides is 2. The zero-order valence-electron chi connectivity index (χ0n) is 11.9. The van der Waals surface area contributed by atoms with Crippen LogP contribution in [0.15, 0.2) is 0 Å². The lowest BCUT2D eigenvalue weighted by molar-refractivity contribution is 0.00813. The molecule has 1 unspecified atom stereocenters. The first-order valence-electron chi connectivity index (χ1n) is 7.46. The first kappa shape index (κ1) is 14.6. The monoisotopic (exact) mass is 270 g/mol. The van der Waals surface area contributed by atoms with Crippen molar-refractivity contribution in [3.8, 4) is 0 Å². The first-order chi connectivity index (χ1) is 9.25. The fourth-order valence-electron chi connectivity index (χ4n) is 2.60. The van der Waals surface area contributed by atoms with Crippen LogP contribution in [0.5, 0.6) is 0 Å². The Kier molecular flexibility index (Phi) is 5.92. The Morgan fingerprint density at radius 2 is 2.00 bits per heavy atom. The maximum Gasteiger partial charge on any atom is 0.317 e. The Morgan fingerprint density at radius 1 is 1.21 bits per heavy atom. The minimum absolute atomic E-state index is 0.0303. The van der Waals surface area contributed by atoms with E-state index in [9.17, 15) is 4.79 Å². The molecule has 110 valence electrons. The summed E-state index contributed by atoms with van der Waals surface area (Å²) in [5, 5.41) is 3.07. The molecule has 2 saturated heterocycles. The van der Waals surface area contributed by atoms with Crippen molar-refractivity contribution in [2.24, 2.45) is 0 Å². The molecule has 0 bridgehead atoms. The summed E-state index contributed by atoms with van der Waals surface area (Å²) in [6, 6.07) is 0.303. The van der Waals surface area contributed by atoms with Crippen molar-refractivity contribution < 1.29 is 14.3 Å². The molecule has 2 rings (SSSR count). The van der Waals surface area contributed by atoms with E-state index in [2.05, 4.69) is 5.32 Å². The Morgan fingerprint density at radius 3 is 2.68 bits per heavy atom. The highest BCUT2D eigenvalue weighted by atomic mass is 16.5. The van der Waals surface area contributed by atoms with Crippen molar-refractivity contribution in [1.82, 2.24) is 10.2 Å². The van der Waals surface area contributed by atoms with Crippen LogP contribution < -0.4 is 5.32 Å². The highest BCUT2D eigenvalue weighted by Crippen LogP contribution is 2.15. The van der Waals surface area contributed by atoms with Crippen LogP contribution in [0.3, 0.4) is 0 Å². The summed E-state index contributed by atoms with van der Waals surface area (Å²) in [4.78, 5) is 13.8. The van der Waals surface area contributed by atoms with Gasteiger partial charge in [-0.1, -0.05) is 0 Å². The lowest BCUT2D eigenvalue weighted by Crippen LogP contribution is -2.46. The molecule has 2 fully saturated rings. The molecule has 0 aromatic heterocycles. The fourth-order valence-corrected chi connectivity index (χ4v) is 2.60. The van der Waals surface area contributed by atoms with Crippen molar-refractivity contribution in [3.05, 3.63) is 0 Å². The average molecular weight is 270 g/mol. The molecule has 0 aromatic rings. The van der Waals surface area contributed by atoms with Crippen molar-refractivity contribution in [3.63, 3.8) is 0 Å². The highest BCUT2D eigenvalue weighted by Gasteiger charge is 2.19. The van der Waals surface area contributed by atoms with E-state index in [1.807, 2.05) is 7.05 Å². The van der Waals surface area contributed by atoms with Crippen LogP contribution in [0.1, 0.15) is 38.5 Å². The second kappa shape index (κ2) is 7.70. The molecule has 2 aliphatic heterocycles. The van der Waals surface area contributed by atoms with Gasteiger partial charge in [-0.05, 0) is 38.5 Å². The summed E-state index contributed by atoms with van der Waals surface area (Å²) in [6.45, 7) is 3.15. The summed E-state index contributed by atoms with van der Waals surface area (Å²) in [7, 11) is 1.86. The number of carbonyl (C=O) groups is 1. The molecule has 1 atom stereocenters. The van der Waals surface area contributed by atoms with E-state index < -0.39 is 0 Å². The van der Waals surface area contributed by atoms with Gasteiger partial charge >= 0.3 is 6.03 Å².